The highest BCUT2D eigenvalue weighted by Gasteiger charge is 2.19. The Labute approximate surface area is 121 Å². The van der Waals surface area contributed by atoms with Gasteiger partial charge in [-0.2, -0.15) is 0 Å². The quantitative estimate of drug-likeness (QED) is 0.807. The predicted molar refractivity (Wildman–Crippen MR) is 82.5 cm³/mol. The van der Waals surface area contributed by atoms with E-state index in [2.05, 4.69) is 0 Å². The molecule has 2 aromatic rings. The molecular formula is C16H17NO2S. The maximum atomic E-state index is 12.5. The molecule has 3 nitrogen and oxygen atoms in total. The van der Waals surface area contributed by atoms with Crippen LogP contribution in [0.15, 0.2) is 35.1 Å². The van der Waals surface area contributed by atoms with Gasteiger partial charge in [-0.1, -0.05) is 42.4 Å². The predicted octanol–water partition coefficient (Wildman–Crippen LogP) is 3.28. The molecule has 2 heterocycles. The fourth-order valence-corrected chi connectivity index (χ4v) is 3.57. The minimum Gasteiger partial charge on any atom is -0.338 e. The van der Waals surface area contributed by atoms with Crippen molar-refractivity contribution in [1.29, 1.82) is 0 Å². The lowest BCUT2D eigenvalue weighted by Crippen LogP contribution is -2.31. The van der Waals surface area contributed by atoms with Crippen LogP contribution >= 0.6 is 11.3 Å². The number of benzene rings is 1. The van der Waals surface area contributed by atoms with Crippen molar-refractivity contribution in [3.63, 3.8) is 0 Å². The van der Waals surface area contributed by atoms with Gasteiger partial charge in [0.2, 0.25) is 4.74 Å². The molecule has 1 fully saturated rings. The molecule has 1 aliphatic rings. The number of carbonyl (C=O) groups excluding carboxylic acids is 1. The second kappa shape index (κ2) is 5.75. The Hall–Kier alpha value is -1.68. The molecule has 104 valence electrons. The van der Waals surface area contributed by atoms with E-state index in [0.29, 0.717) is 10.3 Å². The molecule has 0 aliphatic carbocycles. The summed E-state index contributed by atoms with van der Waals surface area (Å²) < 4.78 is -0.0266. The summed E-state index contributed by atoms with van der Waals surface area (Å²) in [5, 5.41) is 1.55. The zero-order valence-corrected chi connectivity index (χ0v) is 12.1. The van der Waals surface area contributed by atoms with Gasteiger partial charge in [-0.3, -0.25) is 9.59 Å². The Morgan fingerprint density at radius 2 is 1.75 bits per heavy atom. The van der Waals surface area contributed by atoms with Gasteiger partial charge < -0.3 is 4.90 Å². The minimum atomic E-state index is -0.0266. The number of carbonyl (C=O) groups is 1. The van der Waals surface area contributed by atoms with E-state index in [0.717, 1.165) is 42.7 Å². The molecule has 1 aliphatic heterocycles. The topological polar surface area (TPSA) is 37.4 Å². The minimum absolute atomic E-state index is 0.0137. The Morgan fingerprint density at radius 3 is 2.50 bits per heavy atom. The lowest BCUT2D eigenvalue weighted by atomic mass is 10.2. The van der Waals surface area contributed by atoms with E-state index < -0.39 is 0 Å². The van der Waals surface area contributed by atoms with Crippen LogP contribution in [0.2, 0.25) is 0 Å². The number of amides is 1. The Morgan fingerprint density at radius 1 is 1.05 bits per heavy atom. The van der Waals surface area contributed by atoms with Gasteiger partial charge in [-0.15, -0.1) is 0 Å². The monoisotopic (exact) mass is 287 g/mol. The van der Waals surface area contributed by atoms with Crippen molar-refractivity contribution in [1.82, 2.24) is 4.90 Å². The molecule has 20 heavy (non-hydrogen) atoms. The largest absolute Gasteiger partial charge is 0.338 e. The van der Waals surface area contributed by atoms with Crippen LogP contribution in [0.1, 0.15) is 35.4 Å². The third-order valence-electron chi connectivity index (χ3n) is 3.77. The number of nitrogens with zero attached hydrogens (tertiary/aromatic N) is 1. The summed E-state index contributed by atoms with van der Waals surface area (Å²) in [5.41, 5.74) is 0. The first-order valence-electron chi connectivity index (χ1n) is 7.08. The number of likely N-dealkylation sites (tertiary alicyclic amines) is 1. The van der Waals surface area contributed by atoms with Gasteiger partial charge in [0.25, 0.3) is 5.91 Å². The average molecular weight is 287 g/mol. The normalized spacial score (nSPS) is 16.1. The molecular weight excluding hydrogens is 270 g/mol. The van der Waals surface area contributed by atoms with Crippen LogP contribution in [-0.4, -0.2) is 23.9 Å². The zero-order valence-electron chi connectivity index (χ0n) is 11.3. The van der Waals surface area contributed by atoms with Crippen LogP contribution in [0.3, 0.4) is 0 Å². The maximum absolute atomic E-state index is 12.5. The van der Waals surface area contributed by atoms with E-state index in [1.807, 2.05) is 35.2 Å². The molecule has 1 aromatic carbocycles. The molecule has 0 saturated carbocycles. The second-order valence-corrected chi connectivity index (χ2v) is 6.21. The Kier molecular flexibility index (Phi) is 3.83. The first-order chi connectivity index (χ1) is 9.75. The third-order valence-corrected chi connectivity index (χ3v) is 4.69. The number of rotatable bonds is 1. The van der Waals surface area contributed by atoms with Crippen molar-refractivity contribution in [3.8, 4) is 0 Å². The molecule has 0 N–H and O–H groups in total. The number of hydrogen-bond donors (Lipinski definition) is 0. The van der Waals surface area contributed by atoms with Crippen molar-refractivity contribution in [3.05, 3.63) is 44.7 Å². The van der Waals surface area contributed by atoms with Crippen molar-refractivity contribution < 1.29 is 4.79 Å². The first-order valence-corrected chi connectivity index (χ1v) is 7.89. The van der Waals surface area contributed by atoms with Crippen molar-refractivity contribution in [2.45, 2.75) is 25.7 Å². The summed E-state index contributed by atoms with van der Waals surface area (Å²) >= 11 is 1.07. The van der Waals surface area contributed by atoms with Crippen LogP contribution in [0.4, 0.5) is 0 Å². The highest BCUT2D eigenvalue weighted by atomic mass is 32.1. The molecule has 0 radical (unpaired) electrons. The summed E-state index contributed by atoms with van der Waals surface area (Å²) in [4.78, 5) is 27.1. The van der Waals surface area contributed by atoms with Crippen LogP contribution in [-0.2, 0) is 0 Å². The van der Waals surface area contributed by atoms with Crippen LogP contribution in [0.25, 0.3) is 10.8 Å². The van der Waals surface area contributed by atoms with Crippen molar-refractivity contribution in [2.24, 2.45) is 0 Å². The molecule has 0 unspecified atom stereocenters. The standard InChI is InChI=1S/C16H17NO2S/c18-15(17-9-5-1-2-6-10-17)14-11-12-7-3-4-8-13(12)16(19)20-14/h3-4,7-8,11H,1-2,5-6,9-10H2. The lowest BCUT2D eigenvalue weighted by Gasteiger charge is -2.19. The van der Waals surface area contributed by atoms with Gasteiger partial charge in [0.1, 0.15) is 0 Å². The smallest absolute Gasteiger partial charge is 0.264 e. The molecule has 1 saturated heterocycles. The summed E-state index contributed by atoms with van der Waals surface area (Å²) in [6, 6.07) is 9.31. The van der Waals surface area contributed by atoms with Crippen LogP contribution < -0.4 is 4.74 Å². The van der Waals surface area contributed by atoms with Gasteiger partial charge in [-0.05, 0) is 30.4 Å². The SMILES string of the molecule is O=C(c1cc2ccccc2c(=O)s1)N1CCCCCC1. The summed E-state index contributed by atoms with van der Waals surface area (Å²) in [6.45, 7) is 1.62. The highest BCUT2D eigenvalue weighted by Crippen LogP contribution is 2.18. The molecule has 0 bridgehead atoms. The molecule has 4 heteroatoms. The van der Waals surface area contributed by atoms with Crippen LogP contribution in [0, 0.1) is 0 Å². The van der Waals surface area contributed by atoms with Gasteiger partial charge in [-0.25, -0.2) is 0 Å². The van der Waals surface area contributed by atoms with Crippen molar-refractivity contribution >= 4 is 28.0 Å². The molecule has 1 aromatic heterocycles. The number of hydrogen-bond acceptors (Lipinski definition) is 3. The van der Waals surface area contributed by atoms with E-state index in [9.17, 15) is 9.59 Å². The van der Waals surface area contributed by atoms with Gasteiger partial charge in [0.05, 0.1) is 4.88 Å². The number of fused-ring (bicyclic) bond motifs is 1. The molecule has 1 amide bonds. The van der Waals surface area contributed by atoms with Crippen molar-refractivity contribution in [2.75, 3.05) is 13.1 Å². The van der Waals surface area contributed by atoms with Crippen LogP contribution in [0.5, 0.6) is 0 Å². The highest BCUT2D eigenvalue weighted by molar-refractivity contribution is 7.12. The fraction of sp³-hybridized carbons (Fsp3) is 0.375. The zero-order chi connectivity index (χ0) is 13.9. The summed E-state index contributed by atoms with van der Waals surface area (Å²) in [6.07, 6.45) is 4.51. The Balaban J connectivity index is 1.97. The first kappa shape index (κ1) is 13.3. The Bertz CT molecular complexity index is 684. The van der Waals surface area contributed by atoms with E-state index in [1.165, 1.54) is 12.8 Å². The van der Waals surface area contributed by atoms with E-state index in [4.69, 9.17) is 0 Å². The van der Waals surface area contributed by atoms with E-state index in [-0.39, 0.29) is 10.6 Å². The summed E-state index contributed by atoms with van der Waals surface area (Å²) in [7, 11) is 0. The van der Waals surface area contributed by atoms with Gasteiger partial charge in [0, 0.05) is 18.5 Å². The molecule has 3 rings (SSSR count). The van der Waals surface area contributed by atoms with Gasteiger partial charge in [0.15, 0.2) is 0 Å². The molecule has 0 spiro atoms. The second-order valence-electron chi connectivity index (χ2n) is 5.19. The van der Waals surface area contributed by atoms with E-state index >= 15 is 0 Å². The lowest BCUT2D eigenvalue weighted by molar-refractivity contribution is 0.0766. The van der Waals surface area contributed by atoms with Gasteiger partial charge >= 0.3 is 0 Å². The maximum Gasteiger partial charge on any atom is 0.264 e. The fourth-order valence-electron chi connectivity index (χ4n) is 2.67. The molecule has 0 atom stereocenters. The summed E-state index contributed by atoms with van der Waals surface area (Å²) in [5.74, 6) is 0.0137. The average Bonchev–Trinajstić information content (AvgIpc) is 2.75. The third kappa shape index (κ3) is 2.61. The van der Waals surface area contributed by atoms with E-state index in [1.54, 1.807) is 0 Å².